The van der Waals surface area contributed by atoms with E-state index in [0.29, 0.717) is 5.56 Å². The zero-order valence-corrected chi connectivity index (χ0v) is 27.2. The van der Waals surface area contributed by atoms with Crippen LogP contribution in [0, 0.1) is 5.82 Å². The smallest absolute Gasteiger partial charge is 0.149 e. The van der Waals surface area contributed by atoms with Crippen molar-refractivity contribution in [3.05, 3.63) is 132 Å². The Hall–Kier alpha value is -5.09. The zero-order chi connectivity index (χ0) is 32.2. The summed E-state index contributed by atoms with van der Waals surface area (Å²) in [5.41, 5.74) is 11.2. The molecule has 4 aromatic carbocycles. The quantitative estimate of drug-likeness (QED) is 0.217. The largest absolute Gasteiger partial charge is 0.353 e. The van der Waals surface area contributed by atoms with E-state index in [1.807, 2.05) is 54.6 Å². The Morgan fingerprint density at radius 2 is 1.04 bits per heavy atom. The molecule has 3 heterocycles. The molecule has 0 amide bonds. The van der Waals surface area contributed by atoms with E-state index < -0.39 is 0 Å². The van der Waals surface area contributed by atoms with Gasteiger partial charge >= 0.3 is 0 Å². The summed E-state index contributed by atoms with van der Waals surface area (Å²) in [5.74, 6) is -0.337. The maximum Gasteiger partial charge on any atom is 0.149 e. The lowest BCUT2D eigenvalue weighted by Gasteiger charge is -2.21. The summed E-state index contributed by atoms with van der Waals surface area (Å²) in [7, 11) is 0. The molecule has 4 heteroatoms. The van der Waals surface area contributed by atoms with Crippen molar-refractivity contribution in [3.63, 3.8) is 0 Å². The summed E-state index contributed by atoms with van der Waals surface area (Å²) in [5, 5.41) is 2.26. The van der Waals surface area contributed by atoms with E-state index in [-0.39, 0.29) is 16.6 Å². The topological polar surface area (TPSA) is 41.6 Å². The van der Waals surface area contributed by atoms with Gasteiger partial charge in [-0.1, -0.05) is 108 Å². The average Bonchev–Trinajstić information content (AvgIpc) is 3.43. The van der Waals surface area contributed by atoms with Gasteiger partial charge in [-0.3, -0.25) is 4.98 Å². The molecule has 46 heavy (non-hydrogen) atoms. The first-order valence-corrected chi connectivity index (χ1v) is 15.9. The van der Waals surface area contributed by atoms with Gasteiger partial charge in [0.1, 0.15) is 5.82 Å². The van der Waals surface area contributed by atoms with Crippen LogP contribution in [0.2, 0.25) is 0 Å². The Balaban J connectivity index is 1.54. The highest BCUT2D eigenvalue weighted by Crippen LogP contribution is 2.42. The van der Waals surface area contributed by atoms with Crippen LogP contribution >= 0.6 is 0 Å². The first-order chi connectivity index (χ1) is 22.0. The van der Waals surface area contributed by atoms with Crippen molar-refractivity contribution in [1.29, 1.82) is 0 Å². The number of aromatic amines is 1. The van der Waals surface area contributed by atoms with Gasteiger partial charge in [0, 0.05) is 33.0 Å². The van der Waals surface area contributed by atoms with E-state index in [2.05, 4.69) is 106 Å². The zero-order valence-electron chi connectivity index (χ0n) is 27.2. The number of rotatable bonds is 4. The Morgan fingerprint density at radius 1 is 0.522 bits per heavy atom. The number of aromatic nitrogens is 3. The van der Waals surface area contributed by atoms with Crippen molar-refractivity contribution < 1.29 is 4.39 Å². The monoisotopic (exact) mass is 603 g/mol. The number of hydrogen-bond acceptors (Lipinski definition) is 2. The van der Waals surface area contributed by atoms with Crippen LogP contribution in [0.3, 0.4) is 0 Å². The number of halogens is 1. The minimum Gasteiger partial charge on any atom is -0.353 e. The number of hydrogen-bond donors (Lipinski definition) is 1. The van der Waals surface area contributed by atoms with Crippen LogP contribution in [0.25, 0.3) is 66.7 Å². The van der Waals surface area contributed by atoms with Crippen molar-refractivity contribution in [3.8, 4) is 44.9 Å². The van der Waals surface area contributed by atoms with Crippen LogP contribution in [-0.2, 0) is 10.8 Å². The van der Waals surface area contributed by atoms with Crippen LogP contribution in [0.5, 0.6) is 0 Å². The predicted molar refractivity (Wildman–Crippen MR) is 190 cm³/mol. The minimum absolute atomic E-state index is 0.0862. The van der Waals surface area contributed by atoms with Crippen LogP contribution in [0.15, 0.2) is 115 Å². The maximum absolute atomic E-state index is 15.2. The molecule has 7 aromatic rings. The molecular formula is C42H38FN3. The van der Waals surface area contributed by atoms with Gasteiger partial charge in [0.15, 0.2) is 0 Å². The molecule has 0 saturated carbocycles. The van der Waals surface area contributed by atoms with E-state index in [1.165, 1.54) is 17.3 Å². The standard InChI is InChI=1S/C42H38FN3/c1-41(2,3)28-20-31-32-21-29(42(4,5)6)23-34(38-24-30(35(43)25-44-38)26-14-9-7-10-15-26)40(32)46-39(31)33(22-28)37-19-13-18-36(45-37)27-16-11-8-12-17-27/h7-25,46H,1-6H3. The lowest BCUT2D eigenvalue weighted by Crippen LogP contribution is -2.11. The molecule has 0 aliphatic carbocycles. The number of nitrogens with one attached hydrogen (secondary N) is 1. The minimum atomic E-state index is -0.337. The average molecular weight is 604 g/mol. The highest BCUT2D eigenvalue weighted by molar-refractivity contribution is 6.15. The fourth-order valence-corrected chi connectivity index (χ4v) is 6.15. The molecule has 0 unspecified atom stereocenters. The lowest BCUT2D eigenvalue weighted by molar-refractivity contribution is 0.590. The maximum atomic E-state index is 15.2. The predicted octanol–water partition coefficient (Wildman–Crippen LogP) is 11.5. The molecule has 0 radical (unpaired) electrons. The Morgan fingerprint density at radius 3 is 1.61 bits per heavy atom. The fraction of sp³-hybridized carbons (Fsp3) is 0.190. The third kappa shape index (κ3) is 5.38. The second-order valence-electron chi connectivity index (χ2n) is 14.2. The van der Waals surface area contributed by atoms with Crippen molar-refractivity contribution >= 4 is 21.8 Å². The summed E-state index contributed by atoms with van der Waals surface area (Å²) in [6.45, 7) is 13.4. The molecular weight excluding hydrogens is 565 g/mol. The Bertz CT molecular complexity index is 2220. The molecule has 3 nitrogen and oxygen atoms in total. The van der Waals surface area contributed by atoms with E-state index in [0.717, 1.165) is 61.1 Å². The van der Waals surface area contributed by atoms with Crippen molar-refractivity contribution in [2.24, 2.45) is 0 Å². The second-order valence-corrected chi connectivity index (χ2v) is 14.2. The van der Waals surface area contributed by atoms with E-state index in [1.54, 1.807) is 0 Å². The van der Waals surface area contributed by atoms with Gasteiger partial charge in [-0.2, -0.15) is 0 Å². The number of fused-ring (bicyclic) bond motifs is 3. The van der Waals surface area contributed by atoms with E-state index >= 15 is 4.39 Å². The van der Waals surface area contributed by atoms with Gasteiger partial charge in [-0.25, -0.2) is 9.37 Å². The van der Waals surface area contributed by atoms with Crippen molar-refractivity contribution in [2.45, 2.75) is 52.4 Å². The first-order valence-electron chi connectivity index (χ1n) is 15.9. The van der Waals surface area contributed by atoms with Crippen molar-refractivity contribution in [2.75, 3.05) is 0 Å². The van der Waals surface area contributed by atoms with Crippen molar-refractivity contribution in [1.82, 2.24) is 15.0 Å². The molecule has 0 saturated heterocycles. The third-order valence-electron chi connectivity index (χ3n) is 8.86. The normalized spacial score (nSPS) is 12.2. The lowest BCUT2D eigenvalue weighted by atomic mass is 9.83. The third-order valence-corrected chi connectivity index (χ3v) is 8.86. The summed E-state index contributed by atoms with van der Waals surface area (Å²) in [4.78, 5) is 13.7. The van der Waals surface area contributed by atoms with Gasteiger partial charge in [0.2, 0.25) is 0 Å². The number of H-pyrrole nitrogens is 1. The number of pyridine rings is 2. The van der Waals surface area contributed by atoms with E-state index in [9.17, 15) is 0 Å². The summed E-state index contributed by atoms with van der Waals surface area (Å²) < 4.78 is 15.2. The van der Waals surface area contributed by atoms with Crippen LogP contribution < -0.4 is 0 Å². The highest BCUT2D eigenvalue weighted by Gasteiger charge is 2.24. The molecule has 1 N–H and O–H groups in total. The number of benzene rings is 4. The molecule has 0 spiro atoms. The molecule has 0 atom stereocenters. The molecule has 0 aliphatic rings. The van der Waals surface area contributed by atoms with Crippen LogP contribution in [0.1, 0.15) is 52.7 Å². The Kier molecular flexibility index (Phi) is 7.12. The van der Waals surface area contributed by atoms with Crippen LogP contribution in [-0.4, -0.2) is 15.0 Å². The van der Waals surface area contributed by atoms with Crippen LogP contribution in [0.4, 0.5) is 4.39 Å². The summed E-state index contributed by atoms with van der Waals surface area (Å²) in [6.07, 6.45) is 1.35. The highest BCUT2D eigenvalue weighted by atomic mass is 19.1. The van der Waals surface area contributed by atoms with E-state index in [4.69, 9.17) is 4.98 Å². The fourth-order valence-electron chi connectivity index (χ4n) is 6.15. The van der Waals surface area contributed by atoms with Gasteiger partial charge in [0.25, 0.3) is 0 Å². The van der Waals surface area contributed by atoms with Gasteiger partial charge in [-0.15, -0.1) is 0 Å². The SMILES string of the molecule is CC(C)(C)c1cc(-c2cc(-c3ccccc3)c(F)cn2)c2[nH]c3c(-c4cccc(-c5ccccc5)n4)cc(C(C)(C)C)cc3c2c1. The molecule has 0 aliphatic heterocycles. The molecule has 0 bridgehead atoms. The molecule has 0 fully saturated rings. The summed E-state index contributed by atoms with van der Waals surface area (Å²) in [6, 6.07) is 37.2. The first kappa shape index (κ1) is 29.6. The second kappa shape index (κ2) is 11.1. The van der Waals surface area contributed by atoms with Gasteiger partial charge in [-0.05, 0) is 70.0 Å². The Labute approximate surface area is 270 Å². The van der Waals surface area contributed by atoms with Gasteiger partial charge < -0.3 is 4.98 Å². The molecule has 7 rings (SSSR count). The molecule has 3 aromatic heterocycles. The molecule has 228 valence electrons. The number of nitrogens with zero attached hydrogens (tertiary/aromatic N) is 2. The summed E-state index contributed by atoms with van der Waals surface area (Å²) >= 11 is 0. The van der Waals surface area contributed by atoms with Gasteiger partial charge in [0.05, 0.1) is 34.3 Å².